The number of aryl methyl sites for hydroxylation is 1. The number of carbonyl (C=O) groups excluding carboxylic acids is 2. The van der Waals surface area contributed by atoms with Crippen molar-refractivity contribution >= 4 is 11.9 Å². The Labute approximate surface area is 118 Å². The number of hydroxylamine groups is 1. The van der Waals surface area contributed by atoms with E-state index < -0.39 is 12.1 Å². The fourth-order valence-electron chi connectivity index (χ4n) is 2.22. The topological polar surface area (TPSA) is 70.7 Å². The van der Waals surface area contributed by atoms with E-state index in [2.05, 4.69) is 15.6 Å². The van der Waals surface area contributed by atoms with E-state index in [1.165, 1.54) is 12.7 Å². The molecule has 108 valence electrons. The number of amides is 3. The molecule has 1 aromatic carbocycles. The van der Waals surface area contributed by atoms with Gasteiger partial charge >= 0.3 is 6.03 Å². The maximum Gasteiger partial charge on any atom is 0.339 e. The van der Waals surface area contributed by atoms with Gasteiger partial charge in [0.05, 0.1) is 7.11 Å². The van der Waals surface area contributed by atoms with Crippen molar-refractivity contribution in [1.29, 1.82) is 0 Å². The summed E-state index contributed by atoms with van der Waals surface area (Å²) in [7, 11) is 1.35. The van der Waals surface area contributed by atoms with Crippen LogP contribution in [0.2, 0.25) is 0 Å². The number of likely N-dealkylation sites (tertiary alicyclic amines) is 1. The molecule has 6 nitrogen and oxygen atoms in total. The third-order valence-corrected chi connectivity index (χ3v) is 3.29. The summed E-state index contributed by atoms with van der Waals surface area (Å²) in [5.74, 6) is -0.0585. The maximum absolute atomic E-state index is 12.2. The molecule has 3 amide bonds. The van der Waals surface area contributed by atoms with Crippen molar-refractivity contribution < 1.29 is 14.4 Å². The standard InChI is InChI=1S/C14H19N3O3/c1-10-3-5-11(6-4-10)9-17-8-7-12(13(17)18)15-14(19)16-20-2/h3-6,12H,7-9H2,1-2H3,(H2,15,16,19). The smallest absolute Gasteiger partial charge is 0.336 e. The molecule has 0 radical (unpaired) electrons. The van der Waals surface area contributed by atoms with Gasteiger partial charge in [0, 0.05) is 13.1 Å². The monoisotopic (exact) mass is 277 g/mol. The minimum Gasteiger partial charge on any atom is -0.336 e. The second-order valence-electron chi connectivity index (χ2n) is 4.87. The predicted octanol–water partition coefficient (Wildman–Crippen LogP) is 0.957. The maximum atomic E-state index is 12.2. The van der Waals surface area contributed by atoms with E-state index in [1.807, 2.05) is 31.2 Å². The van der Waals surface area contributed by atoms with Crippen molar-refractivity contribution in [2.45, 2.75) is 25.9 Å². The van der Waals surface area contributed by atoms with Crippen LogP contribution in [0.4, 0.5) is 4.79 Å². The normalized spacial score (nSPS) is 18.2. The summed E-state index contributed by atoms with van der Waals surface area (Å²) in [4.78, 5) is 29.7. The summed E-state index contributed by atoms with van der Waals surface area (Å²) >= 11 is 0. The van der Waals surface area contributed by atoms with E-state index in [0.717, 1.165) is 5.56 Å². The first kappa shape index (κ1) is 14.3. The molecular formula is C14H19N3O3. The van der Waals surface area contributed by atoms with E-state index in [9.17, 15) is 9.59 Å². The van der Waals surface area contributed by atoms with Crippen molar-refractivity contribution in [3.05, 3.63) is 35.4 Å². The van der Waals surface area contributed by atoms with E-state index in [-0.39, 0.29) is 5.91 Å². The molecule has 0 aromatic heterocycles. The number of urea groups is 1. The molecule has 6 heteroatoms. The minimum atomic E-state index is -0.497. The second kappa shape index (κ2) is 6.38. The molecule has 1 aliphatic heterocycles. The van der Waals surface area contributed by atoms with Crippen molar-refractivity contribution in [2.75, 3.05) is 13.7 Å². The van der Waals surface area contributed by atoms with Crippen LogP contribution in [0.3, 0.4) is 0 Å². The number of carbonyl (C=O) groups is 2. The van der Waals surface area contributed by atoms with Gasteiger partial charge in [-0.3, -0.25) is 9.63 Å². The molecule has 1 atom stereocenters. The van der Waals surface area contributed by atoms with Crippen LogP contribution in [-0.2, 0) is 16.2 Å². The molecule has 0 aliphatic carbocycles. The predicted molar refractivity (Wildman–Crippen MR) is 73.7 cm³/mol. The average Bonchev–Trinajstić information content (AvgIpc) is 2.74. The van der Waals surface area contributed by atoms with Gasteiger partial charge in [-0.15, -0.1) is 0 Å². The molecule has 0 saturated carbocycles. The fraction of sp³-hybridized carbons (Fsp3) is 0.429. The van der Waals surface area contributed by atoms with Gasteiger partial charge in [-0.05, 0) is 18.9 Å². The third kappa shape index (κ3) is 3.48. The van der Waals surface area contributed by atoms with Crippen LogP contribution >= 0.6 is 0 Å². The van der Waals surface area contributed by atoms with E-state index >= 15 is 0 Å². The first-order valence-electron chi connectivity index (χ1n) is 6.54. The highest BCUT2D eigenvalue weighted by atomic mass is 16.6. The molecule has 1 aliphatic rings. The van der Waals surface area contributed by atoms with Crippen molar-refractivity contribution in [3.63, 3.8) is 0 Å². The summed E-state index contributed by atoms with van der Waals surface area (Å²) in [6.45, 7) is 3.24. The number of nitrogens with zero attached hydrogens (tertiary/aromatic N) is 1. The lowest BCUT2D eigenvalue weighted by atomic mass is 10.1. The Morgan fingerprint density at radius 2 is 2.10 bits per heavy atom. The molecule has 1 heterocycles. The number of hydrogen-bond donors (Lipinski definition) is 2. The molecule has 1 aromatic rings. The average molecular weight is 277 g/mol. The summed E-state index contributed by atoms with van der Waals surface area (Å²) in [6.07, 6.45) is 0.613. The van der Waals surface area contributed by atoms with Gasteiger partial charge in [-0.2, -0.15) is 0 Å². The van der Waals surface area contributed by atoms with Gasteiger partial charge in [0.25, 0.3) is 0 Å². The zero-order valence-electron chi connectivity index (χ0n) is 11.7. The molecule has 1 fully saturated rings. The summed E-state index contributed by atoms with van der Waals surface area (Å²) in [5, 5.41) is 2.59. The number of benzene rings is 1. The first-order valence-corrected chi connectivity index (χ1v) is 6.54. The molecule has 2 rings (SSSR count). The Morgan fingerprint density at radius 1 is 1.40 bits per heavy atom. The molecule has 1 unspecified atom stereocenters. The fourth-order valence-corrected chi connectivity index (χ4v) is 2.22. The molecule has 20 heavy (non-hydrogen) atoms. The van der Waals surface area contributed by atoms with Crippen LogP contribution in [0.1, 0.15) is 17.5 Å². The van der Waals surface area contributed by atoms with Gasteiger partial charge < -0.3 is 10.2 Å². The molecule has 0 spiro atoms. The first-order chi connectivity index (χ1) is 9.60. The van der Waals surface area contributed by atoms with Gasteiger partial charge in [0.2, 0.25) is 5.91 Å². The largest absolute Gasteiger partial charge is 0.339 e. The number of nitrogens with one attached hydrogen (secondary N) is 2. The van der Waals surface area contributed by atoms with Crippen molar-refractivity contribution in [2.24, 2.45) is 0 Å². The third-order valence-electron chi connectivity index (χ3n) is 3.29. The summed E-state index contributed by atoms with van der Waals surface area (Å²) in [6, 6.07) is 7.11. The highest BCUT2D eigenvalue weighted by molar-refractivity contribution is 5.88. The summed E-state index contributed by atoms with van der Waals surface area (Å²) in [5.41, 5.74) is 4.42. The molecule has 2 N–H and O–H groups in total. The van der Waals surface area contributed by atoms with Crippen molar-refractivity contribution in [1.82, 2.24) is 15.7 Å². The quantitative estimate of drug-likeness (QED) is 0.805. The van der Waals surface area contributed by atoms with Crippen LogP contribution in [0.5, 0.6) is 0 Å². The molecular weight excluding hydrogens is 258 g/mol. The Hall–Kier alpha value is -2.08. The highest BCUT2D eigenvalue weighted by Gasteiger charge is 2.32. The van der Waals surface area contributed by atoms with E-state index in [4.69, 9.17) is 0 Å². The lowest BCUT2D eigenvalue weighted by Gasteiger charge is -2.17. The second-order valence-corrected chi connectivity index (χ2v) is 4.87. The van der Waals surface area contributed by atoms with Gasteiger partial charge in [0.1, 0.15) is 6.04 Å². The zero-order valence-corrected chi connectivity index (χ0v) is 11.7. The van der Waals surface area contributed by atoms with Crippen LogP contribution < -0.4 is 10.8 Å². The van der Waals surface area contributed by atoms with Crippen molar-refractivity contribution in [3.8, 4) is 0 Å². The minimum absolute atomic E-state index is 0.0585. The SMILES string of the molecule is CONC(=O)NC1CCN(Cc2ccc(C)cc2)C1=O. The van der Waals surface area contributed by atoms with E-state index in [1.54, 1.807) is 4.90 Å². The van der Waals surface area contributed by atoms with Crippen LogP contribution in [0.15, 0.2) is 24.3 Å². The number of rotatable bonds is 4. The Morgan fingerprint density at radius 3 is 2.75 bits per heavy atom. The highest BCUT2D eigenvalue weighted by Crippen LogP contribution is 2.15. The molecule has 1 saturated heterocycles. The lowest BCUT2D eigenvalue weighted by Crippen LogP contribution is -2.45. The Balaban J connectivity index is 1.90. The van der Waals surface area contributed by atoms with Crippen LogP contribution in [-0.4, -0.2) is 36.5 Å². The van der Waals surface area contributed by atoms with Gasteiger partial charge in [-0.25, -0.2) is 10.3 Å². The lowest BCUT2D eigenvalue weighted by molar-refractivity contribution is -0.129. The van der Waals surface area contributed by atoms with Gasteiger partial charge in [0.15, 0.2) is 0 Å². The van der Waals surface area contributed by atoms with E-state index in [0.29, 0.717) is 19.5 Å². The van der Waals surface area contributed by atoms with Crippen LogP contribution in [0.25, 0.3) is 0 Å². The zero-order chi connectivity index (χ0) is 14.5. The Bertz CT molecular complexity index is 487. The van der Waals surface area contributed by atoms with Gasteiger partial charge in [-0.1, -0.05) is 29.8 Å². The Kier molecular flexibility index (Phi) is 4.57. The molecule has 0 bridgehead atoms. The van der Waals surface area contributed by atoms with Crippen LogP contribution in [0, 0.1) is 6.92 Å². The number of hydrogen-bond acceptors (Lipinski definition) is 3. The summed E-state index contributed by atoms with van der Waals surface area (Å²) < 4.78 is 0.